The summed E-state index contributed by atoms with van der Waals surface area (Å²) in [6.45, 7) is 1.10. The van der Waals surface area contributed by atoms with Crippen LogP contribution in [0, 0.1) is 11.9 Å². The highest BCUT2D eigenvalue weighted by Crippen LogP contribution is 2.47. The average molecular weight is 301 g/mol. The van der Waals surface area contributed by atoms with Crippen LogP contribution in [-0.4, -0.2) is 18.6 Å². The van der Waals surface area contributed by atoms with Gasteiger partial charge < -0.3 is 0 Å². The van der Waals surface area contributed by atoms with Crippen molar-refractivity contribution in [3.63, 3.8) is 0 Å². The minimum Gasteiger partial charge on any atom is -0.300 e. The minimum atomic E-state index is -0.416. The standard InChI is InChI=1S/C16H16FN3S/c1-19-15-9-12(13-3-2-8-18-16(13)17)6-7-14(15)20(21-19)10-11-4-5-11/h2-3,6-9,11H,4-5,10H2,1H3. The monoisotopic (exact) mass is 301 g/mol. The number of hydrogen-bond acceptors (Lipinski definition) is 4. The first-order valence-electron chi connectivity index (χ1n) is 7.16. The van der Waals surface area contributed by atoms with Gasteiger partial charge >= 0.3 is 0 Å². The first-order chi connectivity index (χ1) is 10.2. The van der Waals surface area contributed by atoms with E-state index in [4.69, 9.17) is 0 Å². The number of benzene rings is 1. The molecule has 1 aliphatic carbocycles. The quantitative estimate of drug-likeness (QED) is 0.627. The Labute approximate surface area is 128 Å². The van der Waals surface area contributed by atoms with Crippen molar-refractivity contribution in [2.45, 2.75) is 12.8 Å². The molecule has 1 aliphatic heterocycles. The third-order valence-electron chi connectivity index (χ3n) is 4.00. The first kappa shape index (κ1) is 13.0. The summed E-state index contributed by atoms with van der Waals surface area (Å²) < 4.78 is 18.3. The molecule has 0 unspecified atom stereocenters. The van der Waals surface area contributed by atoms with Gasteiger partial charge in [-0.1, -0.05) is 6.07 Å². The molecule has 2 aromatic rings. The van der Waals surface area contributed by atoms with Gasteiger partial charge in [-0.15, -0.1) is 0 Å². The molecule has 2 aliphatic rings. The van der Waals surface area contributed by atoms with E-state index in [-0.39, 0.29) is 0 Å². The second kappa shape index (κ2) is 4.91. The van der Waals surface area contributed by atoms with Gasteiger partial charge in [0.15, 0.2) is 0 Å². The van der Waals surface area contributed by atoms with Gasteiger partial charge in [0.05, 0.1) is 23.5 Å². The number of hydrogen-bond donors (Lipinski definition) is 0. The maximum Gasteiger partial charge on any atom is 0.220 e. The molecule has 4 rings (SSSR count). The Hall–Kier alpha value is -1.75. The van der Waals surface area contributed by atoms with Gasteiger partial charge in [-0.3, -0.25) is 8.61 Å². The SMILES string of the molecule is CN1SN(CC2CC2)c2ccc(-c3cccnc3F)cc21. The summed E-state index contributed by atoms with van der Waals surface area (Å²) in [5.41, 5.74) is 3.79. The predicted molar refractivity (Wildman–Crippen MR) is 85.7 cm³/mol. The molecule has 21 heavy (non-hydrogen) atoms. The van der Waals surface area contributed by atoms with Crippen LogP contribution >= 0.6 is 12.1 Å². The van der Waals surface area contributed by atoms with Crippen LogP contribution in [0.4, 0.5) is 15.8 Å². The van der Waals surface area contributed by atoms with E-state index in [9.17, 15) is 4.39 Å². The van der Waals surface area contributed by atoms with Gasteiger partial charge in [0.2, 0.25) is 5.95 Å². The maximum atomic E-state index is 13.8. The summed E-state index contributed by atoms with van der Waals surface area (Å²) in [6, 6.07) is 9.67. The van der Waals surface area contributed by atoms with Crippen molar-refractivity contribution in [2.24, 2.45) is 5.92 Å². The Morgan fingerprint density at radius 1 is 1.29 bits per heavy atom. The van der Waals surface area contributed by atoms with Crippen molar-refractivity contribution in [3.8, 4) is 11.1 Å². The molecule has 3 nitrogen and oxygen atoms in total. The van der Waals surface area contributed by atoms with Crippen molar-refractivity contribution < 1.29 is 4.39 Å². The van der Waals surface area contributed by atoms with Crippen molar-refractivity contribution in [1.82, 2.24) is 4.98 Å². The van der Waals surface area contributed by atoms with Crippen molar-refractivity contribution in [1.29, 1.82) is 0 Å². The van der Waals surface area contributed by atoms with Crippen LogP contribution in [0.25, 0.3) is 11.1 Å². The van der Waals surface area contributed by atoms with Crippen LogP contribution in [0.1, 0.15) is 12.8 Å². The molecule has 0 atom stereocenters. The van der Waals surface area contributed by atoms with E-state index in [0.29, 0.717) is 5.56 Å². The van der Waals surface area contributed by atoms with E-state index in [1.165, 1.54) is 24.7 Å². The fourth-order valence-corrected chi connectivity index (χ4v) is 3.71. The van der Waals surface area contributed by atoms with Crippen LogP contribution in [0.3, 0.4) is 0 Å². The maximum absolute atomic E-state index is 13.8. The number of anilines is 2. The fourth-order valence-electron chi connectivity index (χ4n) is 2.66. The van der Waals surface area contributed by atoms with Gasteiger partial charge in [0.1, 0.15) is 0 Å². The fraction of sp³-hybridized carbons (Fsp3) is 0.312. The summed E-state index contributed by atoms with van der Waals surface area (Å²) in [5, 5.41) is 0. The second-order valence-corrected chi connectivity index (χ2v) is 6.78. The van der Waals surface area contributed by atoms with Gasteiger partial charge in [-0.05, 0) is 48.6 Å². The van der Waals surface area contributed by atoms with Gasteiger partial charge in [0, 0.05) is 25.4 Å². The van der Waals surface area contributed by atoms with Crippen LogP contribution in [0.2, 0.25) is 0 Å². The summed E-state index contributed by atoms with van der Waals surface area (Å²) >= 11 is 1.73. The van der Waals surface area contributed by atoms with Crippen molar-refractivity contribution in [2.75, 3.05) is 22.2 Å². The molecule has 0 radical (unpaired) electrons. The second-order valence-electron chi connectivity index (χ2n) is 5.63. The van der Waals surface area contributed by atoms with Gasteiger partial charge in [-0.25, -0.2) is 4.98 Å². The molecule has 0 bridgehead atoms. The Morgan fingerprint density at radius 3 is 2.90 bits per heavy atom. The Balaban J connectivity index is 1.71. The largest absolute Gasteiger partial charge is 0.300 e. The average Bonchev–Trinajstić information content (AvgIpc) is 3.25. The number of fused-ring (bicyclic) bond motifs is 1. The molecular weight excluding hydrogens is 285 g/mol. The highest BCUT2D eigenvalue weighted by Gasteiger charge is 2.31. The third kappa shape index (κ3) is 2.35. The highest BCUT2D eigenvalue weighted by atomic mass is 32.2. The van der Waals surface area contributed by atoms with E-state index in [0.717, 1.165) is 23.7 Å². The normalized spacial score (nSPS) is 17.2. The molecule has 1 saturated carbocycles. The zero-order chi connectivity index (χ0) is 14.4. The molecule has 1 aromatic heterocycles. The molecule has 0 amide bonds. The summed E-state index contributed by atoms with van der Waals surface area (Å²) in [4.78, 5) is 3.73. The minimum absolute atomic E-state index is 0.416. The van der Waals surface area contributed by atoms with Crippen LogP contribution in [0.15, 0.2) is 36.5 Å². The number of rotatable bonds is 3. The third-order valence-corrected chi connectivity index (χ3v) is 4.98. The van der Waals surface area contributed by atoms with Crippen LogP contribution in [0.5, 0.6) is 0 Å². The zero-order valence-corrected chi connectivity index (χ0v) is 12.6. The Morgan fingerprint density at radius 2 is 2.14 bits per heavy atom. The number of nitrogens with zero attached hydrogens (tertiary/aromatic N) is 3. The topological polar surface area (TPSA) is 19.4 Å². The lowest BCUT2D eigenvalue weighted by molar-refractivity contribution is 0.587. The molecule has 5 heteroatoms. The van der Waals surface area contributed by atoms with E-state index in [1.807, 2.05) is 6.07 Å². The highest BCUT2D eigenvalue weighted by molar-refractivity contribution is 8.02. The summed E-state index contributed by atoms with van der Waals surface area (Å²) in [6.07, 6.45) is 4.16. The van der Waals surface area contributed by atoms with Crippen LogP contribution < -0.4 is 8.61 Å². The first-order valence-corrected chi connectivity index (χ1v) is 7.90. The molecule has 0 spiro atoms. The predicted octanol–water partition coefficient (Wildman–Crippen LogP) is 4.12. The lowest BCUT2D eigenvalue weighted by Gasteiger charge is -2.16. The summed E-state index contributed by atoms with van der Waals surface area (Å²) in [7, 11) is 2.06. The Kier molecular flexibility index (Phi) is 3.03. The smallest absolute Gasteiger partial charge is 0.220 e. The van der Waals surface area contributed by atoms with Crippen molar-refractivity contribution >= 4 is 23.5 Å². The molecule has 108 valence electrons. The molecule has 0 saturated heterocycles. The van der Waals surface area contributed by atoms with E-state index < -0.39 is 5.95 Å². The number of pyridine rings is 1. The van der Waals surface area contributed by atoms with E-state index in [1.54, 1.807) is 24.3 Å². The van der Waals surface area contributed by atoms with E-state index >= 15 is 0 Å². The molecule has 2 heterocycles. The van der Waals surface area contributed by atoms with Crippen LogP contribution in [-0.2, 0) is 0 Å². The number of aromatic nitrogens is 1. The van der Waals surface area contributed by atoms with E-state index in [2.05, 4.69) is 32.8 Å². The van der Waals surface area contributed by atoms with Gasteiger partial charge in [0.25, 0.3) is 0 Å². The zero-order valence-electron chi connectivity index (χ0n) is 11.8. The summed E-state index contributed by atoms with van der Waals surface area (Å²) in [5.74, 6) is 0.424. The molecule has 0 N–H and O–H groups in total. The Bertz CT molecular complexity index is 687. The van der Waals surface area contributed by atoms with Crippen molar-refractivity contribution in [3.05, 3.63) is 42.5 Å². The molecule has 1 fully saturated rings. The lowest BCUT2D eigenvalue weighted by Crippen LogP contribution is -2.16. The molecule has 1 aromatic carbocycles. The molecular formula is C16H16FN3S. The lowest BCUT2D eigenvalue weighted by atomic mass is 10.1. The number of halogens is 1. The van der Waals surface area contributed by atoms with Gasteiger partial charge in [-0.2, -0.15) is 4.39 Å².